The molecule has 0 aliphatic heterocycles. The lowest BCUT2D eigenvalue weighted by Gasteiger charge is -2.05. The third-order valence-electron chi connectivity index (χ3n) is 3.20. The van der Waals surface area contributed by atoms with Gasteiger partial charge in [-0.25, -0.2) is 0 Å². The predicted octanol–water partition coefficient (Wildman–Crippen LogP) is 3.40. The zero-order valence-corrected chi connectivity index (χ0v) is 12.7. The van der Waals surface area contributed by atoms with Gasteiger partial charge in [0, 0.05) is 24.6 Å². The van der Waals surface area contributed by atoms with Crippen LogP contribution in [-0.2, 0) is 6.42 Å². The van der Waals surface area contributed by atoms with Crippen LogP contribution in [0.2, 0.25) is 0 Å². The van der Waals surface area contributed by atoms with Crippen LogP contribution in [-0.4, -0.2) is 22.7 Å². The number of nitrogens with one attached hydrogen (secondary N) is 1. The first kappa shape index (κ1) is 14.7. The van der Waals surface area contributed by atoms with Crippen LogP contribution in [0.4, 0.5) is 0 Å². The monoisotopic (exact) mass is 273 g/mol. The lowest BCUT2D eigenvalue weighted by atomic mass is 10.0. The lowest BCUT2D eigenvalue weighted by Crippen LogP contribution is -2.25. The highest BCUT2D eigenvalue weighted by Gasteiger charge is 2.09. The van der Waals surface area contributed by atoms with Crippen molar-refractivity contribution in [3.05, 3.63) is 35.7 Å². The summed E-state index contributed by atoms with van der Waals surface area (Å²) in [6, 6.07) is 8.82. The summed E-state index contributed by atoms with van der Waals surface area (Å²) in [5.74, 6) is 1.88. The minimum absolute atomic E-state index is 0.473. The van der Waals surface area contributed by atoms with E-state index in [1.165, 1.54) is 5.56 Å². The van der Waals surface area contributed by atoms with Crippen LogP contribution in [0.25, 0.3) is 11.4 Å². The van der Waals surface area contributed by atoms with Crippen LogP contribution in [0, 0.1) is 0 Å². The lowest BCUT2D eigenvalue weighted by molar-refractivity contribution is 0.374. The summed E-state index contributed by atoms with van der Waals surface area (Å²) in [6.45, 7) is 9.46. The Morgan fingerprint density at radius 3 is 2.40 bits per heavy atom. The summed E-state index contributed by atoms with van der Waals surface area (Å²) in [7, 11) is 0. The van der Waals surface area contributed by atoms with Gasteiger partial charge in [0.25, 0.3) is 0 Å². The van der Waals surface area contributed by atoms with Gasteiger partial charge in [0.1, 0.15) is 0 Å². The molecule has 0 aliphatic rings. The van der Waals surface area contributed by atoms with Crippen molar-refractivity contribution in [3.8, 4) is 11.4 Å². The molecule has 2 aromatic rings. The molecule has 4 heteroatoms. The van der Waals surface area contributed by atoms with E-state index in [2.05, 4.69) is 67.4 Å². The van der Waals surface area contributed by atoms with Gasteiger partial charge in [-0.15, -0.1) is 0 Å². The molecule has 0 bridgehead atoms. The van der Waals surface area contributed by atoms with Gasteiger partial charge in [-0.05, 0) is 11.5 Å². The summed E-state index contributed by atoms with van der Waals surface area (Å²) in [5.41, 5.74) is 2.32. The number of hydrogen-bond donors (Lipinski definition) is 1. The van der Waals surface area contributed by atoms with Crippen LogP contribution in [0.3, 0.4) is 0 Å². The summed E-state index contributed by atoms with van der Waals surface area (Å²) in [6.07, 6.45) is 0.759. The van der Waals surface area contributed by atoms with Crippen LogP contribution in [0.15, 0.2) is 28.8 Å². The molecule has 1 N–H and O–H groups in total. The van der Waals surface area contributed by atoms with E-state index in [0.717, 1.165) is 18.5 Å². The maximum absolute atomic E-state index is 5.28. The molecule has 108 valence electrons. The standard InChI is InChI=1S/C16H23N3O/c1-11(2)13-5-7-14(8-6-13)16-18-15(20-19-16)9-10-17-12(3)4/h5-8,11-12,17H,9-10H2,1-4H3. The zero-order valence-electron chi connectivity index (χ0n) is 12.7. The van der Waals surface area contributed by atoms with Crippen molar-refractivity contribution in [3.63, 3.8) is 0 Å². The highest BCUT2D eigenvalue weighted by Crippen LogP contribution is 2.20. The average molecular weight is 273 g/mol. The van der Waals surface area contributed by atoms with Crippen molar-refractivity contribution < 1.29 is 4.52 Å². The van der Waals surface area contributed by atoms with E-state index in [1.807, 2.05) is 0 Å². The van der Waals surface area contributed by atoms with Crippen molar-refractivity contribution in [1.29, 1.82) is 0 Å². The summed E-state index contributed by atoms with van der Waals surface area (Å²) >= 11 is 0. The second-order valence-corrected chi connectivity index (χ2v) is 5.65. The Labute approximate surface area is 120 Å². The maximum atomic E-state index is 5.28. The molecule has 0 saturated carbocycles. The Hall–Kier alpha value is -1.68. The molecule has 4 nitrogen and oxygen atoms in total. The molecule has 2 rings (SSSR count). The zero-order chi connectivity index (χ0) is 14.5. The Balaban J connectivity index is 2.01. The Morgan fingerprint density at radius 1 is 1.10 bits per heavy atom. The summed E-state index contributed by atoms with van der Waals surface area (Å²) < 4.78 is 5.28. The highest BCUT2D eigenvalue weighted by atomic mass is 16.5. The number of benzene rings is 1. The van der Waals surface area contributed by atoms with Gasteiger partial charge in [-0.2, -0.15) is 4.98 Å². The van der Waals surface area contributed by atoms with E-state index < -0.39 is 0 Å². The van der Waals surface area contributed by atoms with Gasteiger partial charge in [0.15, 0.2) is 0 Å². The molecular formula is C16H23N3O. The molecule has 0 spiro atoms. The number of rotatable bonds is 6. The topological polar surface area (TPSA) is 51.0 Å². The van der Waals surface area contributed by atoms with Gasteiger partial charge >= 0.3 is 0 Å². The molecule has 0 atom stereocenters. The summed E-state index contributed by atoms with van der Waals surface area (Å²) in [5, 5.41) is 7.38. The fourth-order valence-corrected chi connectivity index (χ4v) is 1.96. The molecule has 0 unspecified atom stereocenters. The second-order valence-electron chi connectivity index (χ2n) is 5.65. The van der Waals surface area contributed by atoms with Gasteiger partial charge < -0.3 is 9.84 Å². The van der Waals surface area contributed by atoms with Crippen molar-refractivity contribution in [2.75, 3.05) is 6.54 Å². The third kappa shape index (κ3) is 3.90. The fraction of sp³-hybridized carbons (Fsp3) is 0.500. The maximum Gasteiger partial charge on any atom is 0.228 e. The molecule has 1 aromatic carbocycles. The molecule has 20 heavy (non-hydrogen) atoms. The number of nitrogens with zero attached hydrogens (tertiary/aromatic N) is 2. The number of hydrogen-bond acceptors (Lipinski definition) is 4. The minimum Gasteiger partial charge on any atom is -0.339 e. The van der Waals surface area contributed by atoms with Gasteiger partial charge in [0.2, 0.25) is 11.7 Å². The SMILES string of the molecule is CC(C)NCCc1nc(-c2ccc(C(C)C)cc2)no1. The Kier molecular flexibility index (Phi) is 4.90. The predicted molar refractivity (Wildman–Crippen MR) is 80.7 cm³/mol. The number of aromatic nitrogens is 2. The van der Waals surface area contributed by atoms with Crippen molar-refractivity contribution in [2.45, 2.75) is 46.1 Å². The Bertz CT molecular complexity index is 529. The fourth-order valence-electron chi connectivity index (χ4n) is 1.96. The van der Waals surface area contributed by atoms with Crippen molar-refractivity contribution in [2.24, 2.45) is 0 Å². The van der Waals surface area contributed by atoms with Crippen LogP contribution in [0.5, 0.6) is 0 Å². The summed E-state index contributed by atoms with van der Waals surface area (Å²) in [4.78, 5) is 4.43. The van der Waals surface area contributed by atoms with Crippen molar-refractivity contribution >= 4 is 0 Å². The molecule has 0 saturated heterocycles. The normalized spacial score (nSPS) is 11.5. The molecule has 0 fully saturated rings. The second kappa shape index (κ2) is 6.66. The molecule has 0 amide bonds. The van der Waals surface area contributed by atoms with E-state index in [-0.39, 0.29) is 0 Å². The Morgan fingerprint density at radius 2 is 1.80 bits per heavy atom. The first-order chi connectivity index (χ1) is 9.56. The molecular weight excluding hydrogens is 250 g/mol. The smallest absolute Gasteiger partial charge is 0.228 e. The van der Waals surface area contributed by atoms with Gasteiger partial charge in [-0.1, -0.05) is 57.1 Å². The first-order valence-electron chi connectivity index (χ1n) is 7.22. The largest absolute Gasteiger partial charge is 0.339 e. The van der Waals surface area contributed by atoms with E-state index in [4.69, 9.17) is 4.52 Å². The minimum atomic E-state index is 0.473. The van der Waals surface area contributed by atoms with Crippen LogP contribution in [0.1, 0.15) is 45.1 Å². The molecule has 0 radical (unpaired) electrons. The van der Waals surface area contributed by atoms with E-state index in [0.29, 0.717) is 23.7 Å². The molecule has 1 aromatic heterocycles. The first-order valence-corrected chi connectivity index (χ1v) is 7.22. The van der Waals surface area contributed by atoms with Crippen molar-refractivity contribution in [1.82, 2.24) is 15.5 Å². The van der Waals surface area contributed by atoms with Crippen LogP contribution >= 0.6 is 0 Å². The van der Waals surface area contributed by atoms with Gasteiger partial charge in [-0.3, -0.25) is 0 Å². The van der Waals surface area contributed by atoms with Gasteiger partial charge in [0.05, 0.1) is 0 Å². The average Bonchev–Trinajstić information content (AvgIpc) is 2.87. The third-order valence-corrected chi connectivity index (χ3v) is 3.20. The van der Waals surface area contributed by atoms with E-state index in [9.17, 15) is 0 Å². The molecule has 1 heterocycles. The van der Waals surface area contributed by atoms with E-state index in [1.54, 1.807) is 0 Å². The highest BCUT2D eigenvalue weighted by molar-refractivity contribution is 5.54. The van der Waals surface area contributed by atoms with Crippen LogP contribution < -0.4 is 5.32 Å². The van der Waals surface area contributed by atoms with E-state index >= 15 is 0 Å². The molecule has 0 aliphatic carbocycles. The quantitative estimate of drug-likeness (QED) is 0.876.